The van der Waals surface area contributed by atoms with Gasteiger partial charge in [0.2, 0.25) is 0 Å². The molecule has 13 heteroatoms. The van der Waals surface area contributed by atoms with Crippen LogP contribution in [0.5, 0.6) is 0 Å². The highest BCUT2D eigenvalue weighted by molar-refractivity contribution is 5.74. The second kappa shape index (κ2) is 9.73. The third-order valence-electron chi connectivity index (χ3n) is 5.03. The summed E-state index contributed by atoms with van der Waals surface area (Å²) in [5.41, 5.74) is -1.18. The van der Waals surface area contributed by atoms with Gasteiger partial charge in [0, 0.05) is 12.6 Å². The van der Waals surface area contributed by atoms with Crippen LogP contribution in [-0.2, 0) is 10.9 Å². The van der Waals surface area contributed by atoms with Gasteiger partial charge < -0.3 is 36.2 Å². The van der Waals surface area contributed by atoms with Crippen molar-refractivity contribution >= 4 is 11.8 Å². The van der Waals surface area contributed by atoms with E-state index in [4.69, 9.17) is 4.74 Å². The van der Waals surface area contributed by atoms with Gasteiger partial charge in [-0.2, -0.15) is 13.2 Å². The number of halogens is 3. The normalized spacial score (nSPS) is 28.0. The predicted octanol–water partition coefficient (Wildman–Crippen LogP) is -0.552. The maximum atomic E-state index is 12.7. The number of urea groups is 1. The first-order valence-corrected chi connectivity index (χ1v) is 9.62. The maximum absolute atomic E-state index is 12.7. The van der Waals surface area contributed by atoms with Gasteiger partial charge in [-0.3, -0.25) is 4.98 Å². The molecule has 2 aliphatic rings. The van der Waals surface area contributed by atoms with E-state index < -0.39 is 42.3 Å². The van der Waals surface area contributed by atoms with Gasteiger partial charge in [0.1, 0.15) is 24.1 Å². The summed E-state index contributed by atoms with van der Waals surface area (Å²) in [5.74, 6) is -0.206. The number of rotatable bonds is 5. The van der Waals surface area contributed by atoms with Crippen molar-refractivity contribution in [1.29, 1.82) is 0 Å². The fourth-order valence-electron chi connectivity index (χ4n) is 3.35. The second-order valence-corrected chi connectivity index (χ2v) is 7.27. The molecule has 6 N–H and O–H groups in total. The average molecular weight is 434 g/mol. The highest BCUT2D eigenvalue weighted by atomic mass is 19.4. The van der Waals surface area contributed by atoms with Crippen molar-refractivity contribution < 1.29 is 32.9 Å². The minimum atomic E-state index is -4.66. The summed E-state index contributed by atoms with van der Waals surface area (Å²) < 4.78 is 43.7. The number of aliphatic hydroxyl groups excluding tert-OH is 2. The first-order chi connectivity index (χ1) is 14.2. The van der Waals surface area contributed by atoms with E-state index in [1.54, 1.807) is 0 Å². The van der Waals surface area contributed by atoms with Crippen molar-refractivity contribution in [2.45, 2.75) is 49.4 Å². The molecule has 0 spiro atoms. The number of alkyl halides is 3. The Hall–Kier alpha value is -2.22. The van der Waals surface area contributed by atoms with Crippen LogP contribution in [0, 0.1) is 0 Å². The zero-order valence-electron chi connectivity index (χ0n) is 16.0. The van der Waals surface area contributed by atoms with Crippen LogP contribution in [0.2, 0.25) is 0 Å². The molecule has 0 saturated carbocycles. The van der Waals surface area contributed by atoms with Gasteiger partial charge in [-0.05, 0) is 25.9 Å². The lowest BCUT2D eigenvalue weighted by molar-refractivity contribution is -0.141. The van der Waals surface area contributed by atoms with E-state index in [2.05, 4.69) is 31.2 Å². The molecule has 0 aromatic carbocycles. The van der Waals surface area contributed by atoms with Crippen LogP contribution in [0.15, 0.2) is 12.4 Å². The number of carbonyl (C=O) groups excluding carboxylic acids is 1. The molecule has 3 rings (SSSR count). The SMILES string of the molecule is O=C(NC[C@H]1OC[C@H](Nc2cncc(C(F)(F)F)n2)[C@@H](O)[C@H]1O)NC1CCNCC1. The molecular weight excluding hydrogens is 409 g/mol. The van der Waals surface area contributed by atoms with Crippen LogP contribution in [0.1, 0.15) is 18.5 Å². The molecule has 1 aromatic rings. The molecule has 10 nitrogen and oxygen atoms in total. The van der Waals surface area contributed by atoms with Gasteiger partial charge in [-0.1, -0.05) is 0 Å². The first-order valence-electron chi connectivity index (χ1n) is 9.62. The highest BCUT2D eigenvalue weighted by Crippen LogP contribution is 2.28. The van der Waals surface area contributed by atoms with Crippen molar-refractivity contribution in [3.8, 4) is 0 Å². The monoisotopic (exact) mass is 434 g/mol. The molecule has 0 radical (unpaired) electrons. The topological polar surface area (TPSA) is 141 Å². The van der Waals surface area contributed by atoms with Crippen LogP contribution in [0.3, 0.4) is 0 Å². The number of ether oxygens (including phenoxy) is 1. The van der Waals surface area contributed by atoms with E-state index in [0.29, 0.717) is 6.20 Å². The van der Waals surface area contributed by atoms with E-state index in [9.17, 15) is 28.2 Å². The quantitative estimate of drug-likeness (QED) is 0.363. The van der Waals surface area contributed by atoms with Gasteiger partial charge in [-0.25, -0.2) is 9.78 Å². The van der Waals surface area contributed by atoms with Crippen LogP contribution < -0.4 is 21.3 Å². The molecule has 0 unspecified atom stereocenters. The number of anilines is 1. The summed E-state index contributed by atoms with van der Waals surface area (Å²) in [5, 5.41) is 31.8. The first kappa shape index (κ1) is 22.5. The molecule has 2 saturated heterocycles. The Morgan fingerprint density at radius 3 is 2.67 bits per heavy atom. The van der Waals surface area contributed by atoms with Gasteiger partial charge in [-0.15, -0.1) is 0 Å². The Bertz CT molecular complexity index is 719. The Morgan fingerprint density at radius 1 is 1.23 bits per heavy atom. The van der Waals surface area contributed by atoms with Gasteiger partial charge >= 0.3 is 12.2 Å². The average Bonchev–Trinajstić information content (AvgIpc) is 2.71. The zero-order chi connectivity index (χ0) is 21.7. The van der Waals surface area contributed by atoms with E-state index in [0.717, 1.165) is 32.1 Å². The van der Waals surface area contributed by atoms with E-state index in [1.165, 1.54) is 0 Å². The zero-order valence-corrected chi connectivity index (χ0v) is 16.0. The Kier molecular flexibility index (Phi) is 7.28. The molecule has 3 heterocycles. The summed E-state index contributed by atoms with van der Waals surface area (Å²) in [6.07, 6.45) is -4.94. The summed E-state index contributed by atoms with van der Waals surface area (Å²) in [6, 6.07) is -1.24. The lowest BCUT2D eigenvalue weighted by atomic mass is 9.98. The summed E-state index contributed by atoms with van der Waals surface area (Å²) >= 11 is 0. The van der Waals surface area contributed by atoms with Gasteiger partial charge in [0.15, 0.2) is 5.69 Å². The van der Waals surface area contributed by atoms with Crippen molar-refractivity contribution in [2.24, 2.45) is 0 Å². The molecule has 0 aliphatic carbocycles. The number of nitrogens with one attached hydrogen (secondary N) is 4. The minimum Gasteiger partial charge on any atom is -0.388 e. The molecule has 2 aliphatic heterocycles. The molecule has 2 amide bonds. The number of piperidine rings is 1. The Morgan fingerprint density at radius 2 is 1.97 bits per heavy atom. The standard InChI is InChI=1S/C17H25F3N6O4/c18-17(19,20)12-6-22-7-13(26-12)25-10-8-30-11(15(28)14(10)27)5-23-16(29)24-9-1-3-21-4-2-9/h6-7,9-11,14-15,21,27-28H,1-5,8H2,(H,25,26)(H2,23,24,29)/t10-,11+,14+,15-/m0/s1. The van der Waals surface area contributed by atoms with Crippen LogP contribution >= 0.6 is 0 Å². The minimum absolute atomic E-state index is 0.0366. The number of carbonyl (C=O) groups is 1. The highest BCUT2D eigenvalue weighted by Gasteiger charge is 2.39. The molecule has 4 atom stereocenters. The fraction of sp³-hybridized carbons (Fsp3) is 0.706. The third-order valence-corrected chi connectivity index (χ3v) is 5.03. The Balaban J connectivity index is 1.48. The lowest BCUT2D eigenvalue weighted by Gasteiger charge is -2.38. The maximum Gasteiger partial charge on any atom is 0.434 e. The van der Waals surface area contributed by atoms with Crippen LogP contribution in [0.4, 0.5) is 23.8 Å². The van der Waals surface area contributed by atoms with Crippen LogP contribution in [0.25, 0.3) is 0 Å². The van der Waals surface area contributed by atoms with Crippen molar-refractivity contribution in [1.82, 2.24) is 25.9 Å². The summed E-state index contributed by atoms with van der Waals surface area (Å²) in [4.78, 5) is 18.9. The molecule has 30 heavy (non-hydrogen) atoms. The number of hydrogen-bond acceptors (Lipinski definition) is 8. The third kappa shape index (κ3) is 5.90. The smallest absolute Gasteiger partial charge is 0.388 e. The number of amides is 2. The largest absolute Gasteiger partial charge is 0.434 e. The van der Waals surface area contributed by atoms with E-state index in [1.807, 2.05) is 0 Å². The molecule has 168 valence electrons. The van der Waals surface area contributed by atoms with Crippen molar-refractivity contribution in [2.75, 3.05) is 31.6 Å². The number of nitrogens with zero attached hydrogens (tertiary/aromatic N) is 2. The van der Waals surface area contributed by atoms with E-state index >= 15 is 0 Å². The van der Waals surface area contributed by atoms with E-state index in [-0.39, 0.29) is 25.0 Å². The van der Waals surface area contributed by atoms with Crippen molar-refractivity contribution in [3.05, 3.63) is 18.1 Å². The number of hydrogen-bond donors (Lipinski definition) is 6. The molecule has 1 aromatic heterocycles. The van der Waals surface area contributed by atoms with Gasteiger partial charge in [0.05, 0.1) is 25.0 Å². The van der Waals surface area contributed by atoms with Crippen molar-refractivity contribution in [3.63, 3.8) is 0 Å². The Labute approximate surface area is 170 Å². The lowest BCUT2D eigenvalue weighted by Crippen LogP contribution is -2.59. The summed E-state index contributed by atoms with van der Waals surface area (Å²) in [7, 11) is 0. The number of aromatic nitrogens is 2. The molecular formula is C17H25F3N6O4. The fourth-order valence-corrected chi connectivity index (χ4v) is 3.35. The number of aliphatic hydroxyl groups is 2. The summed E-state index contributed by atoms with van der Waals surface area (Å²) in [6.45, 7) is 1.50. The van der Waals surface area contributed by atoms with Gasteiger partial charge in [0.25, 0.3) is 0 Å². The second-order valence-electron chi connectivity index (χ2n) is 7.27. The molecule has 2 fully saturated rings. The predicted molar refractivity (Wildman–Crippen MR) is 98.6 cm³/mol. The molecule has 0 bridgehead atoms. The van der Waals surface area contributed by atoms with Crippen LogP contribution in [-0.4, -0.2) is 82.8 Å².